The van der Waals surface area contributed by atoms with E-state index in [1.165, 1.54) is 16.9 Å². The van der Waals surface area contributed by atoms with Crippen molar-refractivity contribution >= 4 is 23.2 Å². The topological polar surface area (TPSA) is 92.8 Å². The van der Waals surface area contributed by atoms with Crippen molar-refractivity contribution in [2.75, 3.05) is 5.32 Å². The summed E-state index contributed by atoms with van der Waals surface area (Å²) in [5.41, 5.74) is -0.133. The molecule has 0 radical (unpaired) electrons. The highest BCUT2D eigenvalue weighted by atomic mass is 35.5. The van der Waals surface area contributed by atoms with Crippen molar-refractivity contribution in [3.8, 4) is 11.8 Å². The summed E-state index contributed by atoms with van der Waals surface area (Å²) in [6, 6.07) is 11.6. The number of aromatic nitrogens is 3. The van der Waals surface area contributed by atoms with Crippen molar-refractivity contribution in [1.29, 1.82) is 5.26 Å². The lowest BCUT2D eigenvalue weighted by Gasteiger charge is -2.11. The molecule has 0 saturated carbocycles. The van der Waals surface area contributed by atoms with Crippen LogP contribution in [0.25, 0.3) is 0 Å². The van der Waals surface area contributed by atoms with E-state index < -0.39 is 22.7 Å². The molecule has 1 amide bonds. The Hall–Kier alpha value is -3.58. The SMILES string of the molecule is N#Cc1ccc(OCc2cn(CC(=O)Nc3ccc(Cl)c(C(F)(F)F)c3)nn2)cc1. The molecule has 3 rings (SSSR count). The molecular weight excluding hydrogens is 423 g/mol. The smallest absolute Gasteiger partial charge is 0.417 e. The van der Waals surface area contributed by atoms with Crippen LogP contribution in [0.15, 0.2) is 48.7 Å². The summed E-state index contributed by atoms with van der Waals surface area (Å²) in [6.07, 6.45) is -3.15. The van der Waals surface area contributed by atoms with Gasteiger partial charge in [-0.2, -0.15) is 18.4 Å². The zero-order valence-corrected chi connectivity index (χ0v) is 15.9. The largest absolute Gasteiger partial charge is 0.487 e. The van der Waals surface area contributed by atoms with Gasteiger partial charge in [0.15, 0.2) is 0 Å². The van der Waals surface area contributed by atoms with Crippen LogP contribution in [0.3, 0.4) is 0 Å². The van der Waals surface area contributed by atoms with Gasteiger partial charge in [-0.05, 0) is 42.5 Å². The summed E-state index contributed by atoms with van der Waals surface area (Å²) in [7, 11) is 0. The van der Waals surface area contributed by atoms with Crippen molar-refractivity contribution in [3.05, 3.63) is 70.5 Å². The molecule has 2 aromatic carbocycles. The van der Waals surface area contributed by atoms with Crippen LogP contribution in [0.2, 0.25) is 5.02 Å². The van der Waals surface area contributed by atoms with Gasteiger partial charge in [-0.1, -0.05) is 16.8 Å². The zero-order valence-electron chi connectivity index (χ0n) is 15.2. The molecule has 0 spiro atoms. The molecule has 154 valence electrons. The summed E-state index contributed by atoms with van der Waals surface area (Å²) >= 11 is 5.56. The Morgan fingerprint density at radius 1 is 1.23 bits per heavy atom. The lowest BCUT2D eigenvalue weighted by atomic mass is 10.2. The average Bonchev–Trinajstić information content (AvgIpc) is 3.14. The van der Waals surface area contributed by atoms with Crippen molar-refractivity contribution in [2.24, 2.45) is 0 Å². The second-order valence-electron chi connectivity index (χ2n) is 6.07. The van der Waals surface area contributed by atoms with Crippen LogP contribution in [0.1, 0.15) is 16.8 Å². The molecule has 7 nitrogen and oxygen atoms in total. The predicted octanol–water partition coefficient (Wildman–Crippen LogP) is 4.04. The Morgan fingerprint density at radius 3 is 2.63 bits per heavy atom. The normalized spacial score (nSPS) is 11.0. The van der Waals surface area contributed by atoms with E-state index in [0.717, 1.165) is 12.1 Å². The number of nitrogens with zero attached hydrogens (tertiary/aromatic N) is 4. The number of hydrogen-bond acceptors (Lipinski definition) is 5. The first-order valence-electron chi connectivity index (χ1n) is 8.43. The molecule has 0 unspecified atom stereocenters. The quantitative estimate of drug-likeness (QED) is 0.630. The molecule has 1 N–H and O–H groups in total. The molecule has 0 saturated heterocycles. The van der Waals surface area contributed by atoms with Crippen molar-refractivity contribution in [3.63, 3.8) is 0 Å². The van der Waals surface area contributed by atoms with Gasteiger partial charge in [0.05, 0.1) is 28.4 Å². The molecule has 0 fully saturated rings. The van der Waals surface area contributed by atoms with Crippen LogP contribution < -0.4 is 10.1 Å². The van der Waals surface area contributed by atoms with Crippen LogP contribution >= 0.6 is 11.6 Å². The van der Waals surface area contributed by atoms with Crippen molar-refractivity contribution < 1.29 is 22.7 Å². The van der Waals surface area contributed by atoms with Gasteiger partial charge in [-0.3, -0.25) is 4.79 Å². The number of halogens is 4. The maximum absolute atomic E-state index is 12.9. The molecule has 1 aromatic heterocycles. The molecule has 30 heavy (non-hydrogen) atoms. The number of alkyl halides is 3. The Labute approximate surface area is 173 Å². The minimum Gasteiger partial charge on any atom is -0.487 e. The maximum atomic E-state index is 12.9. The number of amides is 1. The third-order valence-corrected chi connectivity index (χ3v) is 4.15. The lowest BCUT2D eigenvalue weighted by molar-refractivity contribution is -0.137. The van der Waals surface area contributed by atoms with Crippen LogP contribution in [-0.2, 0) is 24.1 Å². The van der Waals surface area contributed by atoms with Crippen LogP contribution in [0.4, 0.5) is 18.9 Å². The van der Waals surface area contributed by atoms with E-state index in [-0.39, 0.29) is 18.8 Å². The van der Waals surface area contributed by atoms with E-state index >= 15 is 0 Å². The molecule has 0 bridgehead atoms. The highest BCUT2D eigenvalue weighted by Gasteiger charge is 2.33. The minimum atomic E-state index is -4.63. The number of ether oxygens (including phenoxy) is 1. The summed E-state index contributed by atoms with van der Waals surface area (Å²) in [5.74, 6) is -0.0561. The predicted molar refractivity (Wildman–Crippen MR) is 101 cm³/mol. The monoisotopic (exact) mass is 435 g/mol. The Morgan fingerprint density at radius 2 is 1.97 bits per heavy atom. The fraction of sp³-hybridized carbons (Fsp3) is 0.158. The third-order valence-electron chi connectivity index (χ3n) is 3.82. The second kappa shape index (κ2) is 8.84. The first-order chi connectivity index (χ1) is 14.2. The van der Waals surface area contributed by atoms with Crippen LogP contribution in [0.5, 0.6) is 5.75 Å². The average molecular weight is 436 g/mol. The molecule has 0 aliphatic carbocycles. The van der Waals surface area contributed by atoms with E-state index in [1.807, 2.05) is 6.07 Å². The molecule has 3 aromatic rings. The number of nitriles is 1. The van der Waals surface area contributed by atoms with E-state index in [4.69, 9.17) is 21.6 Å². The number of anilines is 1. The first-order valence-corrected chi connectivity index (χ1v) is 8.81. The van der Waals surface area contributed by atoms with Crippen molar-refractivity contribution in [2.45, 2.75) is 19.3 Å². The van der Waals surface area contributed by atoms with E-state index in [9.17, 15) is 18.0 Å². The van der Waals surface area contributed by atoms with Gasteiger partial charge in [0.2, 0.25) is 5.91 Å². The van der Waals surface area contributed by atoms with Gasteiger partial charge in [0.25, 0.3) is 0 Å². The number of benzene rings is 2. The van der Waals surface area contributed by atoms with Gasteiger partial charge in [-0.25, -0.2) is 4.68 Å². The van der Waals surface area contributed by atoms with Gasteiger partial charge < -0.3 is 10.1 Å². The van der Waals surface area contributed by atoms with Crippen LogP contribution in [-0.4, -0.2) is 20.9 Å². The lowest BCUT2D eigenvalue weighted by Crippen LogP contribution is -2.19. The standard InChI is InChI=1S/C19H13ClF3N5O2/c20-17-6-3-13(7-16(17)19(21,22)23)25-18(29)10-28-9-14(26-27-28)11-30-15-4-1-12(8-24)2-5-15/h1-7,9H,10-11H2,(H,25,29). The first kappa shape index (κ1) is 21.1. The fourth-order valence-corrected chi connectivity index (χ4v) is 2.66. The number of rotatable bonds is 6. The zero-order chi connectivity index (χ0) is 21.7. The van der Waals surface area contributed by atoms with Gasteiger partial charge in [-0.15, -0.1) is 5.10 Å². The van der Waals surface area contributed by atoms with Crippen molar-refractivity contribution in [1.82, 2.24) is 15.0 Å². The third kappa shape index (κ3) is 5.48. The summed E-state index contributed by atoms with van der Waals surface area (Å²) in [5, 5.41) is 18.3. The molecule has 0 aliphatic heterocycles. The van der Waals surface area contributed by atoms with E-state index in [0.29, 0.717) is 17.0 Å². The van der Waals surface area contributed by atoms with Crippen LogP contribution in [0, 0.1) is 11.3 Å². The summed E-state index contributed by atoms with van der Waals surface area (Å²) in [4.78, 5) is 12.1. The number of nitrogens with one attached hydrogen (secondary N) is 1. The highest BCUT2D eigenvalue weighted by Crippen LogP contribution is 2.36. The molecule has 0 aliphatic rings. The minimum absolute atomic E-state index is 0.0405. The number of carbonyl (C=O) groups is 1. The number of carbonyl (C=O) groups excluding carboxylic acids is 1. The van der Waals surface area contributed by atoms with E-state index in [1.54, 1.807) is 24.3 Å². The van der Waals surface area contributed by atoms with E-state index in [2.05, 4.69) is 15.6 Å². The highest BCUT2D eigenvalue weighted by molar-refractivity contribution is 6.31. The summed E-state index contributed by atoms with van der Waals surface area (Å²) in [6.45, 7) is -0.173. The Bertz CT molecular complexity index is 1090. The molecule has 11 heteroatoms. The molecular formula is C19H13ClF3N5O2. The maximum Gasteiger partial charge on any atom is 0.417 e. The Balaban J connectivity index is 1.56. The second-order valence-corrected chi connectivity index (χ2v) is 6.48. The van der Waals surface area contributed by atoms with Gasteiger partial charge in [0.1, 0.15) is 24.6 Å². The van der Waals surface area contributed by atoms with Gasteiger partial charge >= 0.3 is 6.18 Å². The van der Waals surface area contributed by atoms with Gasteiger partial charge in [0, 0.05) is 5.69 Å². The Kier molecular flexibility index (Phi) is 6.23. The summed E-state index contributed by atoms with van der Waals surface area (Å²) < 4.78 is 45.5. The fourth-order valence-electron chi connectivity index (χ4n) is 2.43. The molecule has 1 heterocycles. The molecule has 0 atom stereocenters. The number of hydrogen-bond donors (Lipinski definition) is 1.